The summed E-state index contributed by atoms with van der Waals surface area (Å²) >= 11 is 0. The monoisotopic (exact) mass is 116 g/mol. The van der Waals surface area contributed by atoms with Crippen molar-refractivity contribution >= 4 is 0 Å². The molecule has 2 heteroatoms. The normalized spacial score (nSPS) is 27.8. The van der Waals surface area contributed by atoms with Crippen LogP contribution in [0.15, 0.2) is 0 Å². The van der Waals surface area contributed by atoms with E-state index >= 15 is 0 Å². The van der Waals surface area contributed by atoms with Crippen LogP contribution < -0.4 is 0 Å². The van der Waals surface area contributed by atoms with Crippen LogP contribution in [0, 0.1) is 0 Å². The lowest BCUT2D eigenvalue weighted by molar-refractivity contribution is -0.180. The molecule has 0 saturated heterocycles. The van der Waals surface area contributed by atoms with Crippen molar-refractivity contribution in [1.82, 2.24) is 0 Å². The van der Waals surface area contributed by atoms with Crippen molar-refractivity contribution in [2.45, 2.75) is 37.9 Å². The van der Waals surface area contributed by atoms with Crippen molar-refractivity contribution in [3.05, 3.63) is 0 Å². The first-order valence-corrected chi connectivity index (χ1v) is 3.15. The molecule has 0 bridgehead atoms. The Balaban J connectivity index is 2.33. The van der Waals surface area contributed by atoms with Gasteiger partial charge in [0.2, 0.25) is 0 Å². The molecule has 0 aromatic rings. The molecule has 1 rings (SSSR count). The van der Waals surface area contributed by atoms with Crippen molar-refractivity contribution < 1.29 is 10.2 Å². The van der Waals surface area contributed by atoms with Crippen LogP contribution in [-0.4, -0.2) is 16.0 Å². The lowest BCUT2D eigenvalue weighted by Gasteiger charge is -2.25. The number of rotatable bonds is 0. The summed E-state index contributed by atoms with van der Waals surface area (Å²) in [4.78, 5) is 0. The predicted octanol–water partition coefficient (Wildman–Crippen LogP) is 0.631. The molecule has 0 aliphatic heterocycles. The summed E-state index contributed by atoms with van der Waals surface area (Å²) in [6.07, 6.45) is 4.21. The van der Waals surface area contributed by atoms with E-state index in [4.69, 9.17) is 10.2 Å². The van der Waals surface area contributed by atoms with Crippen LogP contribution in [0.5, 0.6) is 0 Å². The van der Waals surface area contributed by atoms with Gasteiger partial charge in [0.15, 0.2) is 5.79 Å². The zero-order valence-corrected chi connectivity index (χ0v) is 4.93. The molecule has 0 aromatic heterocycles. The quantitative estimate of drug-likeness (QED) is 0.456. The van der Waals surface area contributed by atoms with Gasteiger partial charge >= 0.3 is 0 Å². The van der Waals surface area contributed by atoms with Gasteiger partial charge in [0.1, 0.15) is 0 Å². The Hall–Kier alpha value is -0.0800. The van der Waals surface area contributed by atoms with E-state index in [2.05, 4.69) is 0 Å². The molecular formula is C6H12O2. The topological polar surface area (TPSA) is 40.5 Å². The summed E-state index contributed by atoms with van der Waals surface area (Å²) in [7, 11) is 0. The summed E-state index contributed by atoms with van der Waals surface area (Å²) in [6.45, 7) is 0. The lowest BCUT2D eigenvalue weighted by Crippen LogP contribution is -2.30. The molecule has 1 aliphatic rings. The van der Waals surface area contributed by atoms with Gasteiger partial charge in [0.25, 0.3) is 0 Å². The van der Waals surface area contributed by atoms with Crippen molar-refractivity contribution in [2.24, 2.45) is 0 Å². The Morgan fingerprint density at radius 1 is 0.875 bits per heavy atom. The summed E-state index contributed by atoms with van der Waals surface area (Å²) in [5.74, 6) is -1.32. The van der Waals surface area contributed by atoms with Crippen LogP contribution >= 0.6 is 0 Å². The van der Waals surface area contributed by atoms with Crippen LogP contribution in [0.1, 0.15) is 32.1 Å². The van der Waals surface area contributed by atoms with Crippen LogP contribution in [0.2, 0.25) is 0 Å². The smallest absolute Gasteiger partial charge is 0.162 e. The molecule has 0 aromatic carbocycles. The molecule has 2 nitrogen and oxygen atoms in total. The van der Waals surface area contributed by atoms with E-state index in [1.54, 1.807) is 0 Å². The van der Waals surface area contributed by atoms with Gasteiger partial charge in [-0.15, -0.1) is 0 Å². The van der Waals surface area contributed by atoms with E-state index in [1.807, 2.05) is 0 Å². The van der Waals surface area contributed by atoms with Gasteiger partial charge in [0.05, 0.1) is 0 Å². The maximum Gasteiger partial charge on any atom is 0.162 e. The standard InChI is InChI=1S/C6H12O2/c7-6(8)4-2-1-3-5-6/h7-8H,1-5H2. The fourth-order valence-corrected chi connectivity index (χ4v) is 1.12. The highest BCUT2D eigenvalue weighted by Gasteiger charge is 2.24. The molecule has 0 amide bonds. The van der Waals surface area contributed by atoms with Crippen LogP contribution in [0.25, 0.3) is 0 Å². The molecule has 8 heavy (non-hydrogen) atoms. The third-order valence-corrected chi connectivity index (χ3v) is 1.65. The molecule has 48 valence electrons. The Bertz CT molecular complexity index is 70.6. The van der Waals surface area contributed by atoms with Gasteiger partial charge in [-0.25, -0.2) is 0 Å². The second kappa shape index (κ2) is 2.03. The van der Waals surface area contributed by atoms with E-state index < -0.39 is 5.79 Å². The highest BCUT2D eigenvalue weighted by Crippen LogP contribution is 2.24. The highest BCUT2D eigenvalue weighted by molar-refractivity contribution is 4.69. The predicted molar refractivity (Wildman–Crippen MR) is 30.3 cm³/mol. The minimum Gasteiger partial charge on any atom is -0.366 e. The fraction of sp³-hybridized carbons (Fsp3) is 1.00. The van der Waals surface area contributed by atoms with Crippen LogP contribution in [0.4, 0.5) is 0 Å². The minimum atomic E-state index is -1.32. The third-order valence-electron chi connectivity index (χ3n) is 1.65. The Morgan fingerprint density at radius 2 is 1.38 bits per heavy atom. The first-order chi connectivity index (χ1) is 3.71. The Labute approximate surface area is 49.1 Å². The fourth-order valence-electron chi connectivity index (χ4n) is 1.12. The van der Waals surface area contributed by atoms with Gasteiger partial charge in [-0.1, -0.05) is 6.42 Å². The van der Waals surface area contributed by atoms with Crippen molar-refractivity contribution in [3.63, 3.8) is 0 Å². The summed E-state index contributed by atoms with van der Waals surface area (Å²) in [6, 6.07) is 0. The summed E-state index contributed by atoms with van der Waals surface area (Å²) in [5, 5.41) is 17.9. The van der Waals surface area contributed by atoms with E-state index in [0.717, 1.165) is 19.3 Å². The molecular weight excluding hydrogens is 104 g/mol. The lowest BCUT2D eigenvalue weighted by atomic mass is 9.95. The maximum atomic E-state index is 8.93. The second-order valence-corrected chi connectivity index (χ2v) is 2.54. The SMILES string of the molecule is OC1(O)CCCCC1. The molecule has 0 radical (unpaired) electrons. The first-order valence-electron chi connectivity index (χ1n) is 3.15. The Kier molecular flexibility index (Phi) is 1.54. The van der Waals surface area contributed by atoms with Gasteiger partial charge < -0.3 is 10.2 Å². The molecule has 2 N–H and O–H groups in total. The van der Waals surface area contributed by atoms with E-state index in [-0.39, 0.29) is 0 Å². The second-order valence-electron chi connectivity index (χ2n) is 2.54. The zero-order valence-electron chi connectivity index (χ0n) is 4.93. The maximum absolute atomic E-state index is 8.93. The van der Waals surface area contributed by atoms with Crippen molar-refractivity contribution in [1.29, 1.82) is 0 Å². The highest BCUT2D eigenvalue weighted by atomic mass is 16.5. The van der Waals surface area contributed by atoms with Crippen LogP contribution in [0.3, 0.4) is 0 Å². The average Bonchev–Trinajstić information content (AvgIpc) is 1.65. The van der Waals surface area contributed by atoms with Crippen molar-refractivity contribution in [2.75, 3.05) is 0 Å². The van der Waals surface area contributed by atoms with E-state index in [9.17, 15) is 0 Å². The molecule has 0 unspecified atom stereocenters. The Morgan fingerprint density at radius 3 is 1.62 bits per heavy atom. The number of hydrogen-bond donors (Lipinski definition) is 2. The van der Waals surface area contributed by atoms with E-state index in [0.29, 0.717) is 12.8 Å². The molecule has 1 saturated carbocycles. The van der Waals surface area contributed by atoms with Crippen LogP contribution in [-0.2, 0) is 0 Å². The van der Waals surface area contributed by atoms with Gasteiger partial charge in [-0.05, 0) is 12.8 Å². The van der Waals surface area contributed by atoms with Gasteiger partial charge in [-0.3, -0.25) is 0 Å². The third kappa shape index (κ3) is 1.46. The summed E-state index contributed by atoms with van der Waals surface area (Å²) < 4.78 is 0. The molecule has 0 heterocycles. The minimum absolute atomic E-state index is 0.562. The molecule has 1 aliphatic carbocycles. The zero-order chi connectivity index (χ0) is 6.04. The average molecular weight is 116 g/mol. The van der Waals surface area contributed by atoms with Gasteiger partial charge in [-0.2, -0.15) is 0 Å². The largest absolute Gasteiger partial charge is 0.366 e. The first kappa shape index (κ1) is 6.05. The van der Waals surface area contributed by atoms with Crippen molar-refractivity contribution in [3.8, 4) is 0 Å². The molecule has 1 fully saturated rings. The summed E-state index contributed by atoms with van der Waals surface area (Å²) in [5.41, 5.74) is 0. The van der Waals surface area contributed by atoms with Gasteiger partial charge in [0, 0.05) is 12.8 Å². The number of hydrogen-bond acceptors (Lipinski definition) is 2. The molecule has 0 spiro atoms. The van der Waals surface area contributed by atoms with E-state index in [1.165, 1.54) is 0 Å². The number of aliphatic hydroxyl groups is 2. The molecule has 0 atom stereocenters.